The summed E-state index contributed by atoms with van der Waals surface area (Å²) in [5.74, 6) is -0.226. The quantitative estimate of drug-likeness (QED) is 0.872. The fourth-order valence-corrected chi connectivity index (χ4v) is 2.03. The third-order valence-electron chi connectivity index (χ3n) is 3.11. The lowest BCUT2D eigenvalue weighted by Crippen LogP contribution is -2.37. The second-order valence-electron chi connectivity index (χ2n) is 5.33. The van der Waals surface area contributed by atoms with E-state index < -0.39 is 18.6 Å². The molecule has 0 aliphatic heterocycles. The van der Waals surface area contributed by atoms with E-state index in [1.165, 1.54) is 13.3 Å². The van der Waals surface area contributed by atoms with Crippen molar-refractivity contribution in [2.45, 2.75) is 13.1 Å². The number of alkyl halides is 3. The van der Waals surface area contributed by atoms with Crippen molar-refractivity contribution in [1.82, 2.24) is 20.2 Å². The first-order valence-corrected chi connectivity index (χ1v) is 7.16. The molecular formula is C15H17F3N4O2. The molecule has 0 aliphatic rings. The van der Waals surface area contributed by atoms with E-state index in [0.717, 1.165) is 10.6 Å². The third-order valence-corrected chi connectivity index (χ3v) is 3.11. The van der Waals surface area contributed by atoms with Crippen LogP contribution in [0.2, 0.25) is 0 Å². The van der Waals surface area contributed by atoms with Gasteiger partial charge in [0.2, 0.25) is 5.89 Å². The van der Waals surface area contributed by atoms with Crippen LogP contribution in [0.5, 0.6) is 0 Å². The van der Waals surface area contributed by atoms with Crippen molar-refractivity contribution in [2.75, 3.05) is 26.7 Å². The SMILES string of the molecule is Cc1cc(-c2nc(C(=O)NCCN(C)CC(F)(F)F)co2)ccn1. The minimum atomic E-state index is -4.26. The molecule has 0 spiro atoms. The molecule has 9 heteroatoms. The summed E-state index contributed by atoms with van der Waals surface area (Å²) < 4.78 is 41.8. The zero-order valence-corrected chi connectivity index (χ0v) is 13.2. The Morgan fingerprint density at radius 1 is 1.42 bits per heavy atom. The molecule has 1 amide bonds. The van der Waals surface area contributed by atoms with Crippen LogP contribution in [0.4, 0.5) is 13.2 Å². The number of aromatic nitrogens is 2. The Labute approximate surface area is 136 Å². The van der Waals surface area contributed by atoms with Crippen molar-refractivity contribution in [3.63, 3.8) is 0 Å². The van der Waals surface area contributed by atoms with E-state index in [2.05, 4.69) is 15.3 Å². The highest BCUT2D eigenvalue weighted by Crippen LogP contribution is 2.18. The molecule has 0 saturated heterocycles. The maximum Gasteiger partial charge on any atom is 0.401 e. The van der Waals surface area contributed by atoms with E-state index in [0.29, 0.717) is 5.56 Å². The van der Waals surface area contributed by atoms with Gasteiger partial charge in [-0.1, -0.05) is 0 Å². The van der Waals surface area contributed by atoms with E-state index in [9.17, 15) is 18.0 Å². The molecule has 24 heavy (non-hydrogen) atoms. The number of halogens is 3. The second-order valence-corrected chi connectivity index (χ2v) is 5.33. The molecule has 0 fully saturated rings. The highest BCUT2D eigenvalue weighted by molar-refractivity contribution is 5.92. The Hall–Kier alpha value is -2.42. The molecule has 0 aromatic carbocycles. The Kier molecular flexibility index (Phi) is 5.55. The van der Waals surface area contributed by atoms with Gasteiger partial charge in [-0.3, -0.25) is 14.7 Å². The highest BCUT2D eigenvalue weighted by atomic mass is 19.4. The van der Waals surface area contributed by atoms with Crippen molar-refractivity contribution in [2.24, 2.45) is 0 Å². The fourth-order valence-electron chi connectivity index (χ4n) is 2.03. The first kappa shape index (κ1) is 17.9. The van der Waals surface area contributed by atoms with Crippen LogP contribution in [-0.4, -0.2) is 53.6 Å². The molecule has 0 atom stereocenters. The zero-order chi connectivity index (χ0) is 17.7. The second kappa shape index (κ2) is 7.43. The maximum absolute atomic E-state index is 12.2. The van der Waals surface area contributed by atoms with E-state index in [4.69, 9.17) is 4.42 Å². The van der Waals surface area contributed by atoms with Crippen molar-refractivity contribution in [3.8, 4) is 11.5 Å². The number of carbonyl (C=O) groups is 1. The topological polar surface area (TPSA) is 71.3 Å². The van der Waals surface area contributed by atoms with Gasteiger partial charge >= 0.3 is 6.18 Å². The van der Waals surface area contributed by atoms with Gasteiger partial charge in [0.25, 0.3) is 5.91 Å². The van der Waals surface area contributed by atoms with Gasteiger partial charge in [0.15, 0.2) is 5.69 Å². The molecule has 130 valence electrons. The molecule has 2 heterocycles. The minimum Gasteiger partial charge on any atom is -0.444 e. The molecule has 2 aromatic heterocycles. The molecule has 0 radical (unpaired) electrons. The number of hydrogen-bond donors (Lipinski definition) is 1. The molecule has 0 bridgehead atoms. The van der Waals surface area contributed by atoms with Crippen LogP contribution in [0.15, 0.2) is 29.0 Å². The summed E-state index contributed by atoms with van der Waals surface area (Å²) in [6.07, 6.45) is -1.45. The molecular weight excluding hydrogens is 325 g/mol. The Balaban J connectivity index is 1.88. The predicted octanol–water partition coefficient (Wildman–Crippen LogP) is 2.27. The maximum atomic E-state index is 12.2. The number of hydrogen-bond acceptors (Lipinski definition) is 5. The Bertz CT molecular complexity index is 700. The summed E-state index contributed by atoms with van der Waals surface area (Å²) in [6.45, 7) is 0.928. The third kappa shape index (κ3) is 5.34. The van der Waals surface area contributed by atoms with Crippen LogP contribution in [0.1, 0.15) is 16.2 Å². The Morgan fingerprint density at radius 2 is 2.17 bits per heavy atom. The molecule has 0 aliphatic carbocycles. The number of oxazole rings is 1. The summed E-state index contributed by atoms with van der Waals surface area (Å²) in [7, 11) is 1.33. The molecule has 2 aromatic rings. The standard InChI is InChI=1S/C15H17F3N4O2/c1-10-7-11(3-4-19-10)14-21-12(8-24-14)13(23)20-5-6-22(2)9-15(16,17)18/h3-4,7-8H,5-6,9H2,1-2H3,(H,20,23). The van der Waals surface area contributed by atoms with E-state index in [-0.39, 0.29) is 24.7 Å². The van der Waals surface area contributed by atoms with Crippen molar-refractivity contribution in [1.29, 1.82) is 0 Å². The predicted molar refractivity (Wildman–Crippen MR) is 80.4 cm³/mol. The highest BCUT2D eigenvalue weighted by Gasteiger charge is 2.28. The van der Waals surface area contributed by atoms with E-state index in [1.807, 2.05) is 6.92 Å². The average Bonchev–Trinajstić information content (AvgIpc) is 2.95. The van der Waals surface area contributed by atoms with Crippen molar-refractivity contribution >= 4 is 5.91 Å². The summed E-state index contributed by atoms with van der Waals surface area (Å²) in [5, 5.41) is 2.51. The number of aryl methyl sites for hydroxylation is 1. The van der Waals surface area contributed by atoms with Gasteiger partial charge < -0.3 is 9.73 Å². The van der Waals surface area contributed by atoms with Gasteiger partial charge in [-0.25, -0.2) is 4.98 Å². The number of nitrogens with one attached hydrogen (secondary N) is 1. The fraction of sp³-hybridized carbons (Fsp3) is 0.400. The number of amides is 1. The molecule has 2 rings (SSSR count). The average molecular weight is 342 g/mol. The number of carbonyl (C=O) groups excluding carboxylic acids is 1. The lowest BCUT2D eigenvalue weighted by Gasteiger charge is -2.18. The van der Waals surface area contributed by atoms with Gasteiger partial charge in [-0.2, -0.15) is 13.2 Å². The number of pyridine rings is 1. The van der Waals surface area contributed by atoms with Gasteiger partial charge in [0.1, 0.15) is 6.26 Å². The summed E-state index contributed by atoms with van der Waals surface area (Å²) in [6, 6.07) is 3.46. The van der Waals surface area contributed by atoms with Crippen LogP contribution in [0, 0.1) is 6.92 Å². The first-order chi connectivity index (χ1) is 11.2. The summed E-state index contributed by atoms with van der Waals surface area (Å²) >= 11 is 0. The van der Waals surface area contributed by atoms with Crippen molar-refractivity contribution < 1.29 is 22.4 Å². The van der Waals surface area contributed by atoms with Crippen LogP contribution in [0.25, 0.3) is 11.5 Å². The van der Waals surface area contributed by atoms with Gasteiger partial charge in [0.05, 0.1) is 6.54 Å². The zero-order valence-electron chi connectivity index (χ0n) is 13.2. The van der Waals surface area contributed by atoms with Gasteiger partial charge in [0, 0.05) is 30.5 Å². The summed E-state index contributed by atoms with van der Waals surface area (Å²) in [5.41, 5.74) is 1.54. The van der Waals surface area contributed by atoms with Crippen LogP contribution >= 0.6 is 0 Å². The van der Waals surface area contributed by atoms with Crippen LogP contribution in [0.3, 0.4) is 0 Å². The molecule has 0 saturated carbocycles. The monoisotopic (exact) mass is 342 g/mol. The number of nitrogens with zero attached hydrogens (tertiary/aromatic N) is 3. The molecule has 6 nitrogen and oxygen atoms in total. The summed E-state index contributed by atoms with van der Waals surface area (Å²) in [4.78, 5) is 21.1. The lowest BCUT2D eigenvalue weighted by atomic mass is 10.2. The lowest BCUT2D eigenvalue weighted by molar-refractivity contribution is -0.142. The largest absolute Gasteiger partial charge is 0.444 e. The molecule has 1 N–H and O–H groups in total. The van der Waals surface area contributed by atoms with Gasteiger partial charge in [-0.05, 0) is 26.1 Å². The number of likely N-dealkylation sites (N-methyl/N-ethyl adjacent to an activating group) is 1. The van der Waals surface area contributed by atoms with Gasteiger partial charge in [-0.15, -0.1) is 0 Å². The first-order valence-electron chi connectivity index (χ1n) is 7.16. The van der Waals surface area contributed by atoms with Crippen molar-refractivity contribution in [3.05, 3.63) is 36.0 Å². The smallest absolute Gasteiger partial charge is 0.401 e. The van der Waals surface area contributed by atoms with E-state index >= 15 is 0 Å². The molecule has 0 unspecified atom stereocenters. The Morgan fingerprint density at radius 3 is 2.83 bits per heavy atom. The minimum absolute atomic E-state index is 0.0675. The normalized spacial score (nSPS) is 11.8. The number of rotatable bonds is 6. The van der Waals surface area contributed by atoms with E-state index in [1.54, 1.807) is 18.3 Å². The van der Waals surface area contributed by atoms with Crippen LogP contribution < -0.4 is 5.32 Å². The van der Waals surface area contributed by atoms with Crippen LogP contribution in [-0.2, 0) is 0 Å².